The van der Waals surface area contributed by atoms with Crippen molar-refractivity contribution in [1.29, 1.82) is 0 Å². The third kappa shape index (κ3) is 5.50. The predicted molar refractivity (Wildman–Crippen MR) is 121 cm³/mol. The van der Waals surface area contributed by atoms with Gasteiger partial charge in [0, 0.05) is 37.0 Å². The quantitative estimate of drug-likeness (QED) is 0.773. The molecule has 2 aromatic rings. The lowest BCUT2D eigenvalue weighted by molar-refractivity contribution is -0.133. The molecule has 0 aliphatic carbocycles. The van der Waals surface area contributed by atoms with Gasteiger partial charge in [-0.1, -0.05) is 0 Å². The number of nitrogens with zero attached hydrogens (tertiary/aromatic N) is 4. The second-order valence-electron chi connectivity index (χ2n) is 9.11. The Balaban J connectivity index is 0.00000272. The molecule has 0 unspecified atom stereocenters. The van der Waals surface area contributed by atoms with E-state index in [2.05, 4.69) is 48.1 Å². The number of carbonyl (C=O) groups is 1. The van der Waals surface area contributed by atoms with Crippen LogP contribution in [0.25, 0.3) is 0 Å². The molecule has 2 aliphatic rings. The van der Waals surface area contributed by atoms with Crippen LogP contribution < -0.4 is 10.2 Å². The van der Waals surface area contributed by atoms with Gasteiger partial charge in [0.1, 0.15) is 5.82 Å². The monoisotopic (exact) mass is 447 g/mol. The molecule has 1 amide bonds. The summed E-state index contributed by atoms with van der Waals surface area (Å²) in [7, 11) is 0. The average molecular weight is 448 g/mol. The summed E-state index contributed by atoms with van der Waals surface area (Å²) in [5, 5.41) is 10.7. The van der Waals surface area contributed by atoms with Crippen molar-refractivity contribution in [1.82, 2.24) is 15.2 Å². The number of pyridine rings is 1. The number of hydrogen-bond donors (Lipinski definition) is 1. The van der Waals surface area contributed by atoms with E-state index in [9.17, 15) is 4.79 Å². The first-order valence-electron chi connectivity index (χ1n) is 10.4. The molecule has 0 atom stereocenters. The molecule has 1 N–H and O–H groups in total. The minimum Gasteiger partial charge on any atom is -0.381 e. The van der Waals surface area contributed by atoms with E-state index < -0.39 is 0 Å². The molecule has 0 radical (unpaired) electrons. The van der Waals surface area contributed by atoms with Crippen molar-refractivity contribution >= 4 is 29.9 Å². The minimum absolute atomic E-state index is 0. The molecule has 1 fully saturated rings. The van der Waals surface area contributed by atoms with Crippen LogP contribution in [-0.4, -0.2) is 58.6 Å². The largest absolute Gasteiger partial charge is 0.381 e. The van der Waals surface area contributed by atoms with Gasteiger partial charge in [-0.05, 0) is 57.9 Å². The van der Waals surface area contributed by atoms with E-state index in [1.54, 1.807) is 18.3 Å². The number of ether oxygens (including phenoxy) is 2. The lowest BCUT2D eigenvalue weighted by Crippen LogP contribution is -2.57. The molecule has 168 valence electrons. The Labute approximate surface area is 189 Å². The first-order valence-corrected chi connectivity index (χ1v) is 10.4. The molecule has 1 saturated heterocycles. The molecule has 4 heterocycles. The van der Waals surface area contributed by atoms with Crippen LogP contribution in [0.5, 0.6) is 0 Å². The van der Waals surface area contributed by atoms with E-state index >= 15 is 0 Å². The van der Waals surface area contributed by atoms with Crippen molar-refractivity contribution in [3.63, 3.8) is 0 Å². The summed E-state index contributed by atoms with van der Waals surface area (Å²) in [6.07, 6.45) is 2.92. The number of morpholine rings is 1. The molecule has 0 saturated carbocycles. The van der Waals surface area contributed by atoms with Gasteiger partial charge in [-0.25, -0.2) is 4.98 Å². The van der Waals surface area contributed by atoms with Crippen LogP contribution in [0.3, 0.4) is 0 Å². The second kappa shape index (κ2) is 9.06. The van der Waals surface area contributed by atoms with Crippen molar-refractivity contribution < 1.29 is 14.3 Å². The summed E-state index contributed by atoms with van der Waals surface area (Å²) in [6, 6.07) is 5.36. The molecule has 9 heteroatoms. The zero-order valence-corrected chi connectivity index (χ0v) is 19.3. The Bertz CT molecular complexity index is 920. The number of fused-ring (bicyclic) bond motifs is 1. The van der Waals surface area contributed by atoms with E-state index in [4.69, 9.17) is 14.5 Å². The summed E-state index contributed by atoms with van der Waals surface area (Å²) in [4.78, 5) is 20.4. The van der Waals surface area contributed by atoms with Gasteiger partial charge in [0.2, 0.25) is 0 Å². The Hall–Kier alpha value is -2.29. The predicted octanol–water partition coefficient (Wildman–Crippen LogP) is 3.05. The van der Waals surface area contributed by atoms with E-state index in [0.29, 0.717) is 50.5 Å². The fourth-order valence-corrected chi connectivity index (χ4v) is 4.41. The Morgan fingerprint density at radius 2 is 1.84 bits per heavy atom. The normalized spacial score (nSPS) is 19.5. The lowest BCUT2D eigenvalue weighted by atomic mass is 9.97. The Kier molecular flexibility index (Phi) is 6.83. The van der Waals surface area contributed by atoms with Crippen molar-refractivity contribution in [2.24, 2.45) is 0 Å². The molecule has 4 rings (SSSR count). The molecule has 8 nitrogen and oxygen atoms in total. The molecular weight excluding hydrogens is 418 g/mol. The van der Waals surface area contributed by atoms with Gasteiger partial charge in [0.25, 0.3) is 5.91 Å². The Morgan fingerprint density at radius 3 is 2.52 bits per heavy atom. The Morgan fingerprint density at radius 1 is 1.13 bits per heavy atom. The van der Waals surface area contributed by atoms with Gasteiger partial charge in [-0.2, -0.15) is 5.10 Å². The number of carbonyl (C=O) groups excluding carboxylic acids is 1. The number of halogens is 1. The fourth-order valence-electron chi connectivity index (χ4n) is 4.41. The standard InChI is InChI=1S/C22H29N5O3.ClH/c1-21(2)13-27(14-22(3,4)30-21)19-12-16(15-7-10-29-11-8-17(15)24-19)20(28)25-18-6-5-9-23-26-18;/h5-6,9,12H,7-8,10-11,13-14H2,1-4H3,(H,25,26,28);1H. The number of rotatable bonds is 3. The van der Waals surface area contributed by atoms with Gasteiger partial charge in [-0.15, -0.1) is 17.5 Å². The van der Waals surface area contributed by atoms with Crippen molar-refractivity contribution in [3.05, 3.63) is 41.2 Å². The smallest absolute Gasteiger partial charge is 0.257 e. The van der Waals surface area contributed by atoms with Crippen LogP contribution in [0.2, 0.25) is 0 Å². The van der Waals surface area contributed by atoms with E-state index in [1.165, 1.54) is 0 Å². The second-order valence-corrected chi connectivity index (χ2v) is 9.11. The van der Waals surface area contributed by atoms with Crippen LogP contribution in [0, 0.1) is 0 Å². The number of aromatic nitrogens is 3. The number of anilines is 2. The maximum Gasteiger partial charge on any atom is 0.257 e. The van der Waals surface area contributed by atoms with E-state index in [-0.39, 0.29) is 29.5 Å². The fraction of sp³-hybridized carbons (Fsp3) is 0.545. The highest BCUT2D eigenvalue weighted by Gasteiger charge is 2.39. The van der Waals surface area contributed by atoms with Gasteiger partial charge >= 0.3 is 0 Å². The number of amides is 1. The summed E-state index contributed by atoms with van der Waals surface area (Å²) in [6.45, 7) is 10.9. The van der Waals surface area contributed by atoms with Gasteiger partial charge in [0.15, 0.2) is 5.82 Å². The third-order valence-corrected chi connectivity index (χ3v) is 5.25. The van der Waals surface area contributed by atoms with E-state index in [1.807, 2.05) is 6.07 Å². The number of nitrogens with one attached hydrogen (secondary N) is 1. The first-order chi connectivity index (χ1) is 14.2. The topological polar surface area (TPSA) is 89.5 Å². The van der Waals surface area contributed by atoms with Crippen LogP contribution >= 0.6 is 12.4 Å². The van der Waals surface area contributed by atoms with Crippen molar-refractivity contribution in [3.8, 4) is 0 Å². The first kappa shape index (κ1) is 23.4. The molecule has 0 aromatic carbocycles. The molecular formula is C22H30ClN5O3. The molecule has 2 aromatic heterocycles. The summed E-state index contributed by atoms with van der Waals surface area (Å²) in [5.41, 5.74) is 1.86. The lowest BCUT2D eigenvalue weighted by Gasteiger charge is -2.47. The third-order valence-electron chi connectivity index (χ3n) is 5.25. The zero-order chi connectivity index (χ0) is 21.4. The van der Waals surface area contributed by atoms with Crippen molar-refractivity contribution in [2.45, 2.75) is 51.7 Å². The maximum atomic E-state index is 13.2. The van der Waals surface area contributed by atoms with Crippen LogP contribution in [0.15, 0.2) is 24.4 Å². The molecule has 31 heavy (non-hydrogen) atoms. The summed E-state index contributed by atoms with van der Waals surface area (Å²) >= 11 is 0. The zero-order valence-electron chi connectivity index (χ0n) is 18.5. The van der Waals surface area contributed by atoms with Gasteiger partial charge in [0.05, 0.1) is 24.4 Å². The summed E-state index contributed by atoms with van der Waals surface area (Å²) in [5.74, 6) is 1.02. The summed E-state index contributed by atoms with van der Waals surface area (Å²) < 4.78 is 11.9. The maximum absolute atomic E-state index is 13.2. The highest BCUT2D eigenvalue weighted by Crippen LogP contribution is 2.32. The highest BCUT2D eigenvalue weighted by atomic mass is 35.5. The minimum atomic E-state index is -0.318. The molecule has 0 bridgehead atoms. The molecule has 2 aliphatic heterocycles. The highest BCUT2D eigenvalue weighted by molar-refractivity contribution is 6.05. The SMILES string of the molecule is CC1(C)CN(c2cc(C(=O)Nc3cccnn3)c3c(n2)CCOCC3)CC(C)(C)O1.Cl. The van der Waals surface area contributed by atoms with Gasteiger partial charge in [-0.3, -0.25) is 4.79 Å². The van der Waals surface area contributed by atoms with Crippen LogP contribution in [0.4, 0.5) is 11.6 Å². The number of hydrogen-bond acceptors (Lipinski definition) is 7. The van der Waals surface area contributed by atoms with Crippen LogP contribution in [0.1, 0.15) is 49.3 Å². The van der Waals surface area contributed by atoms with Crippen molar-refractivity contribution in [2.75, 3.05) is 36.5 Å². The van der Waals surface area contributed by atoms with E-state index in [0.717, 1.165) is 17.1 Å². The van der Waals surface area contributed by atoms with Gasteiger partial charge < -0.3 is 19.7 Å². The van der Waals surface area contributed by atoms with Crippen LogP contribution in [-0.2, 0) is 22.3 Å². The molecule has 0 spiro atoms. The average Bonchev–Trinajstić information content (AvgIpc) is 2.91.